The Morgan fingerprint density at radius 2 is 1.64 bits per heavy atom. The van der Waals surface area contributed by atoms with E-state index in [0.29, 0.717) is 10.6 Å². The molecule has 0 radical (unpaired) electrons. The van der Waals surface area contributed by atoms with E-state index in [2.05, 4.69) is 5.32 Å². The van der Waals surface area contributed by atoms with Gasteiger partial charge in [-0.3, -0.25) is 13.9 Å². The maximum atomic E-state index is 15.0. The molecule has 0 aliphatic rings. The van der Waals surface area contributed by atoms with Crippen LogP contribution in [0, 0.1) is 12.7 Å². The van der Waals surface area contributed by atoms with Crippen LogP contribution in [0.3, 0.4) is 0 Å². The van der Waals surface area contributed by atoms with Gasteiger partial charge >= 0.3 is 0 Å². The van der Waals surface area contributed by atoms with Gasteiger partial charge in [-0.05, 0) is 76.6 Å². The number of hydrogen-bond donors (Lipinski definition) is 1. The number of hydrogen-bond acceptors (Lipinski definition) is 4. The molecule has 0 aromatic heterocycles. The minimum absolute atomic E-state index is 0.0200. The summed E-state index contributed by atoms with van der Waals surface area (Å²) in [6, 6.07) is 17.2. The highest BCUT2D eigenvalue weighted by molar-refractivity contribution is 7.92. The molecule has 0 aliphatic heterocycles. The van der Waals surface area contributed by atoms with Crippen molar-refractivity contribution in [2.75, 3.05) is 10.8 Å². The van der Waals surface area contributed by atoms with Gasteiger partial charge in [-0.15, -0.1) is 0 Å². The molecule has 0 aliphatic carbocycles. The van der Waals surface area contributed by atoms with Crippen LogP contribution in [0.25, 0.3) is 0 Å². The van der Waals surface area contributed by atoms with Gasteiger partial charge in [-0.1, -0.05) is 53.6 Å². The van der Waals surface area contributed by atoms with Crippen LogP contribution in [0.15, 0.2) is 77.7 Å². The van der Waals surface area contributed by atoms with E-state index in [1.807, 2.05) is 27.7 Å². The van der Waals surface area contributed by atoms with E-state index in [1.54, 1.807) is 43.3 Å². The Morgan fingerprint density at radius 1 is 1.00 bits per heavy atom. The molecule has 3 aromatic carbocycles. The summed E-state index contributed by atoms with van der Waals surface area (Å²) in [4.78, 5) is 28.1. The van der Waals surface area contributed by atoms with Gasteiger partial charge in [0.25, 0.3) is 10.0 Å². The number of anilines is 1. The van der Waals surface area contributed by atoms with Gasteiger partial charge in [0.1, 0.15) is 18.4 Å². The summed E-state index contributed by atoms with van der Waals surface area (Å²) in [5.74, 6) is -1.91. The zero-order valence-electron chi connectivity index (χ0n) is 22.6. The van der Waals surface area contributed by atoms with E-state index in [-0.39, 0.29) is 17.1 Å². The fraction of sp³-hybridized carbons (Fsp3) is 0.310. The molecule has 208 valence electrons. The predicted octanol–water partition coefficient (Wildman–Crippen LogP) is 5.31. The number of carbonyl (C=O) groups is 2. The number of aryl methyl sites for hydroxylation is 1. The van der Waals surface area contributed by atoms with E-state index < -0.39 is 45.8 Å². The summed E-state index contributed by atoms with van der Waals surface area (Å²) in [7, 11) is -4.35. The standard InChI is InChI=1S/C29H33ClFN3O4S/c1-20-13-15-24(16-14-20)39(37,38)34(26-12-7-6-11-25(26)31)19-27(35)33(18-22-9-8-10-23(30)17-22)21(2)28(36)32-29(3,4)5/h6-17,21H,18-19H2,1-5H3,(H,32,36)/t21-/m0/s1. The van der Waals surface area contributed by atoms with E-state index in [0.717, 1.165) is 15.9 Å². The Morgan fingerprint density at radius 3 is 2.23 bits per heavy atom. The largest absolute Gasteiger partial charge is 0.350 e. The van der Waals surface area contributed by atoms with Crippen LogP contribution in [0.1, 0.15) is 38.8 Å². The summed E-state index contributed by atoms with van der Waals surface area (Å²) in [5.41, 5.74) is 0.643. The van der Waals surface area contributed by atoms with Gasteiger partial charge < -0.3 is 10.2 Å². The summed E-state index contributed by atoms with van der Waals surface area (Å²) in [6.07, 6.45) is 0. The number of benzene rings is 3. The van der Waals surface area contributed by atoms with Crippen molar-refractivity contribution in [3.05, 3.63) is 94.8 Å². The van der Waals surface area contributed by atoms with Crippen LogP contribution in [-0.2, 0) is 26.2 Å². The lowest BCUT2D eigenvalue weighted by atomic mass is 10.1. The van der Waals surface area contributed by atoms with Crippen molar-refractivity contribution in [3.8, 4) is 0 Å². The van der Waals surface area contributed by atoms with Crippen molar-refractivity contribution in [1.82, 2.24) is 10.2 Å². The Kier molecular flexibility index (Phi) is 9.40. The van der Waals surface area contributed by atoms with Crippen LogP contribution < -0.4 is 9.62 Å². The molecule has 0 saturated heterocycles. The number of nitrogens with zero attached hydrogens (tertiary/aromatic N) is 2. The first-order valence-electron chi connectivity index (χ1n) is 12.4. The second-order valence-corrected chi connectivity index (χ2v) is 12.6. The molecule has 0 heterocycles. The number of nitrogens with one attached hydrogen (secondary N) is 1. The Balaban J connectivity index is 2.05. The predicted molar refractivity (Wildman–Crippen MR) is 151 cm³/mol. The fourth-order valence-corrected chi connectivity index (χ4v) is 5.53. The quantitative estimate of drug-likeness (QED) is 0.376. The third-order valence-corrected chi connectivity index (χ3v) is 7.93. The lowest BCUT2D eigenvalue weighted by molar-refractivity contribution is -0.140. The number of rotatable bonds is 9. The van der Waals surface area contributed by atoms with Crippen LogP contribution in [-0.4, -0.2) is 43.3 Å². The number of halogens is 2. The topological polar surface area (TPSA) is 86.8 Å². The average Bonchev–Trinajstić information content (AvgIpc) is 2.85. The smallest absolute Gasteiger partial charge is 0.264 e. The zero-order valence-corrected chi connectivity index (χ0v) is 24.2. The molecule has 0 unspecified atom stereocenters. The zero-order chi connectivity index (χ0) is 29.0. The second kappa shape index (κ2) is 12.2. The summed E-state index contributed by atoms with van der Waals surface area (Å²) >= 11 is 6.15. The van der Waals surface area contributed by atoms with Gasteiger partial charge in [-0.2, -0.15) is 0 Å². The number of sulfonamides is 1. The Bertz CT molecular complexity index is 1440. The van der Waals surface area contributed by atoms with Crippen LogP contribution in [0.4, 0.5) is 10.1 Å². The van der Waals surface area contributed by atoms with Crippen molar-refractivity contribution >= 4 is 39.1 Å². The molecule has 39 heavy (non-hydrogen) atoms. The monoisotopic (exact) mass is 573 g/mol. The van der Waals surface area contributed by atoms with Crippen molar-refractivity contribution in [1.29, 1.82) is 0 Å². The molecule has 3 rings (SSSR count). The van der Waals surface area contributed by atoms with E-state index >= 15 is 0 Å². The van der Waals surface area contributed by atoms with E-state index in [4.69, 9.17) is 11.6 Å². The molecule has 3 aromatic rings. The normalized spacial score (nSPS) is 12.5. The van der Waals surface area contributed by atoms with Gasteiger partial charge in [0.05, 0.1) is 10.6 Å². The fourth-order valence-electron chi connectivity index (χ4n) is 3.89. The Labute approximate surface area is 234 Å². The summed E-state index contributed by atoms with van der Waals surface area (Å²) in [5, 5.41) is 3.30. The van der Waals surface area contributed by atoms with Crippen molar-refractivity contribution in [3.63, 3.8) is 0 Å². The first-order valence-corrected chi connectivity index (χ1v) is 14.2. The van der Waals surface area contributed by atoms with Gasteiger partial charge in [-0.25, -0.2) is 12.8 Å². The molecular formula is C29H33ClFN3O4S. The maximum Gasteiger partial charge on any atom is 0.264 e. The first-order chi connectivity index (χ1) is 18.2. The highest BCUT2D eigenvalue weighted by Crippen LogP contribution is 2.27. The molecule has 10 heteroatoms. The molecule has 7 nitrogen and oxygen atoms in total. The van der Waals surface area contributed by atoms with Crippen molar-refractivity contribution in [2.45, 2.75) is 57.6 Å². The van der Waals surface area contributed by atoms with Crippen molar-refractivity contribution < 1.29 is 22.4 Å². The van der Waals surface area contributed by atoms with Gasteiger partial charge in [0.15, 0.2) is 0 Å². The van der Waals surface area contributed by atoms with Gasteiger partial charge in [0, 0.05) is 17.1 Å². The minimum Gasteiger partial charge on any atom is -0.350 e. The average molecular weight is 574 g/mol. The molecule has 0 fully saturated rings. The van der Waals surface area contributed by atoms with Crippen LogP contribution >= 0.6 is 11.6 Å². The molecule has 0 bridgehead atoms. The molecule has 1 atom stereocenters. The molecule has 1 N–H and O–H groups in total. The number of amides is 2. The molecule has 2 amide bonds. The number of carbonyl (C=O) groups excluding carboxylic acids is 2. The third kappa shape index (κ3) is 7.80. The second-order valence-electron chi connectivity index (χ2n) is 10.3. The van der Waals surface area contributed by atoms with Crippen molar-refractivity contribution in [2.24, 2.45) is 0 Å². The van der Waals surface area contributed by atoms with E-state index in [1.165, 1.54) is 35.2 Å². The van der Waals surface area contributed by atoms with Gasteiger partial charge in [0.2, 0.25) is 11.8 Å². The molecular weight excluding hydrogens is 541 g/mol. The minimum atomic E-state index is -4.35. The van der Waals surface area contributed by atoms with Crippen LogP contribution in [0.2, 0.25) is 5.02 Å². The number of para-hydroxylation sites is 1. The first kappa shape index (κ1) is 30.1. The lowest BCUT2D eigenvalue weighted by Crippen LogP contribution is -2.54. The molecule has 0 spiro atoms. The Hall–Kier alpha value is -3.43. The third-order valence-electron chi connectivity index (χ3n) is 5.92. The highest BCUT2D eigenvalue weighted by atomic mass is 35.5. The SMILES string of the molecule is Cc1ccc(S(=O)(=O)N(CC(=O)N(Cc2cccc(Cl)c2)[C@@H](C)C(=O)NC(C)(C)C)c2ccccc2F)cc1. The van der Waals surface area contributed by atoms with Crippen LogP contribution in [0.5, 0.6) is 0 Å². The van der Waals surface area contributed by atoms with E-state index in [9.17, 15) is 22.4 Å². The lowest BCUT2D eigenvalue weighted by Gasteiger charge is -2.33. The summed E-state index contributed by atoms with van der Waals surface area (Å²) in [6.45, 7) is 8.06. The molecule has 0 saturated carbocycles. The summed E-state index contributed by atoms with van der Waals surface area (Å²) < 4.78 is 43.2. The maximum absolute atomic E-state index is 15.0. The highest BCUT2D eigenvalue weighted by Gasteiger charge is 2.34.